The molecule has 2 aromatic rings. The van der Waals surface area contributed by atoms with Crippen LogP contribution in [-0.4, -0.2) is 18.9 Å². The summed E-state index contributed by atoms with van der Waals surface area (Å²) in [6.07, 6.45) is 0. The minimum absolute atomic E-state index is 0.186. The Hall–Kier alpha value is -2.69. The van der Waals surface area contributed by atoms with Gasteiger partial charge in [-0.15, -0.1) is 0 Å². The zero-order chi connectivity index (χ0) is 16.1. The Morgan fingerprint density at radius 3 is 2.45 bits per heavy atom. The number of hydrogen-bond acceptors (Lipinski definition) is 2. The first kappa shape index (κ1) is 15.7. The number of halogens is 1. The number of nitrogens with one attached hydrogen (secondary N) is 2. The molecule has 0 aliphatic carbocycles. The van der Waals surface area contributed by atoms with Gasteiger partial charge in [0.2, 0.25) is 0 Å². The molecule has 0 atom stereocenters. The number of hydrogen-bond donors (Lipinski definition) is 2. The van der Waals surface area contributed by atoms with Gasteiger partial charge >= 0.3 is 0 Å². The first-order chi connectivity index (χ1) is 10.5. The summed E-state index contributed by atoms with van der Waals surface area (Å²) in [6.45, 7) is 1.90. The van der Waals surface area contributed by atoms with E-state index in [-0.39, 0.29) is 23.9 Å². The van der Waals surface area contributed by atoms with E-state index in [0.29, 0.717) is 11.1 Å². The van der Waals surface area contributed by atoms with Crippen LogP contribution < -0.4 is 10.6 Å². The lowest BCUT2D eigenvalue weighted by atomic mass is 10.1. The summed E-state index contributed by atoms with van der Waals surface area (Å²) in [4.78, 5) is 23.6. The van der Waals surface area contributed by atoms with Gasteiger partial charge in [0, 0.05) is 24.7 Å². The van der Waals surface area contributed by atoms with Crippen molar-refractivity contribution >= 4 is 11.8 Å². The van der Waals surface area contributed by atoms with Gasteiger partial charge in [0.1, 0.15) is 5.82 Å². The van der Waals surface area contributed by atoms with Gasteiger partial charge in [-0.2, -0.15) is 0 Å². The second kappa shape index (κ2) is 6.85. The molecular weight excluding hydrogens is 283 g/mol. The summed E-state index contributed by atoms with van der Waals surface area (Å²) in [5.74, 6) is -0.952. The third-order valence-electron chi connectivity index (χ3n) is 3.30. The molecule has 4 nitrogen and oxygen atoms in total. The summed E-state index contributed by atoms with van der Waals surface area (Å²) in [5, 5.41) is 5.25. The SMILES string of the molecule is CNC(=O)c1cccc(CNC(=O)c2ccc(C)c(F)c2)c1. The second-order valence-electron chi connectivity index (χ2n) is 4.93. The normalized spacial score (nSPS) is 10.1. The predicted octanol–water partition coefficient (Wildman–Crippen LogP) is 2.42. The van der Waals surface area contributed by atoms with E-state index in [1.165, 1.54) is 6.07 Å². The van der Waals surface area contributed by atoms with E-state index in [1.807, 2.05) is 6.07 Å². The molecule has 0 spiro atoms. The monoisotopic (exact) mass is 300 g/mol. The highest BCUT2D eigenvalue weighted by atomic mass is 19.1. The molecule has 0 radical (unpaired) electrons. The fourth-order valence-corrected chi connectivity index (χ4v) is 1.99. The van der Waals surface area contributed by atoms with E-state index in [1.54, 1.807) is 44.3 Å². The van der Waals surface area contributed by atoms with Crippen molar-refractivity contribution in [2.24, 2.45) is 0 Å². The van der Waals surface area contributed by atoms with Gasteiger partial charge in [-0.25, -0.2) is 4.39 Å². The molecule has 2 amide bonds. The Morgan fingerprint density at radius 1 is 1.05 bits per heavy atom. The van der Waals surface area contributed by atoms with Crippen molar-refractivity contribution in [1.82, 2.24) is 10.6 Å². The van der Waals surface area contributed by atoms with Crippen molar-refractivity contribution in [2.75, 3.05) is 7.05 Å². The fourth-order valence-electron chi connectivity index (χ4n) is 1.99. The molecule has 0 aromatic heterocycles. The second-order valence-corrected chi connectivity index (χ2v) is 4.93. The highest BCUT2D eigenvalue weighted by molar-refractivity contribution is 5.95. The third kappa shape index (κ3) is 3.69. The van der Waals surface area contributed by atoms with Crippen LogP contribution in [0.2, 0.25) is 0 Å². The topological polar surface area (TPSA) is 58.2 Å². The first-order valence-corrected chi connectivity index (χ1v) is 6.86. The number of aryl methyl sites for hydroxylation is 1. The van der Waals surface area contributed by atoms with Crippen LogP contribution in [0.15, 0.2) is 42.5 Å². The lowest BCUT2D eigenvalue weighted by molar-refractivity contribution is 0.0948. The van der Waals surface area contributed by atoms with Crippen molar-refractivity contribution < 1.29 is 14.0 Å². The minimum Gasteiger partial charge on any atom is -0.355 e. The van der Waals surface area contributed by atoms with Crippen molar-refractivity contribution in [3.8, 4) is 0 Å². The minimum atomic E-state index is -0.408. The van der Waals surface area contributed by atoms with E-state index in [9.17, 15) is 14.0 Å². The smallest absolute Gasteiger partial charge is 0.251 e. The van der Waals surface area contributed by atoms with E-state index < -0.39 is 5.82 Å². The standard InChI is InChI=1S/C17H17FN2O2/c1-11-6-7-14(9-15(11)18)17(22)20-10-12-4-3-5-13(8-12)16(21)19-2/h3-9H,10H2,1-2H3,(H,19,21)(H,20,22). The molecule has 0 aliphatic heterocycles. The third-order valence-corrected chi connectivity index (χ3v) is 3.30. The van der Waals surface area contributed by atoms with Gasteiger partial charge in [0.05, 0.1) is 0 Å². The molecule has 0 heterocycles. The zero-order valence-electron chi connectivity index (χ0n) is 12.4. The molecule has 0 fully saturated rings. The molecule has 0 aliphatic rings. The molecule has 2 rings (SSSR count). The van der Waals surface area contributed by atoms with E-state index >= 15 is 0 Å². The zero-order valence-corrected chi connectivity index (χ0v) is 12.4. The number of amides is 2. The van der Waals surface area contributed by atoms with Crippen molar-refractivity contribution in [3.63, 3.8) is 0 Å². The van der Waals surface area contributed by atoms with Crippen LogP contribution in [0.25, 0.3) is 0 Å². The number of carbonyl (C=O) groups is 2. The molecule has 2 N–H and O–H groups in total. The lowest BCUT2D eigenvalue weighted by Gasteiger charge is -2.08. The Bertz CT molecular complexity index is 714. The molecule has 5 heteroatoms. The van der Waals surface area contributed by atoms with E-state index in [4.69, 9.17) is 0 Å². The number of benzene rings is 2. The van der Waals surface area contributed by atoms with E-state index in [2.05, 4.69) is 10.6 Å². The van der Waals surface area contributed by atoms with Gasteiger partial charge < -0.3 is 10.6 Å². The van der Waals surface area contributed by atoms with Crippen molar-refractivity contribution in [2.45, 2.75) is 13.5 Å². The van der Waals surface area contributed by atoms with Gasteiger partial charge in [0.25, 0.3) is 11.8 Å². The van der Waals surface area contributed by atoms with Crippen LogP contribution in [0.4, 0.5) is 4.39 Å². The first-order valence-electron chi connectivity index (χ1n) is 6.86. The lowest BCUT2D eigenvalue weighted by Crippen LogP contribution is -2.23. The summed E-state index contributed by atoms with van der Waals surface area (Å²) >= 11 is 0. The fraction of sp³-hybridized carbons (Fsp3) is 0.176. The van der Waals surface area contributed by atoms with Crippen LogP contribution in [0.3, 0.4) is 0 Å². The molecule has 114 valence electrons. The average Bonchev–Trinajstić information content (AvgIpc) is 2.54. The van der Waals surface area contributed by atoms with Crippen molar-refractivity contribution in [3.05, 3.63) is 70.5 Å². The maximum Gasteiger partial charge on any atom is 0.251 e. The Morgan fingerprint density at radius 2 is 1.77 bits per heavy atom. The molecule has 0 saturated heterocycles. The molecule has 2 aromatic carbocycles. The van der Waals surface area contributed by atoms with Crippen LogP contribution >= 0.6 is 0 Å². The van der Waals surface area contributed by atoms with Crippen molar-refractivity contribution in [1.29, 1.82) is 0 Å². The highest BCUT2D eigenvalue weighted by Crippen LogP contribution is 2.10. The van der Waals surface area contributed by atoms with Gasteiger partial charge in [-0.05, 0) is 42.3 Å². The number of carbonyl (C=O) groups excluding carboxylic acids is 2. The largest absolute Gasteiger partial charge is 0.355 e. The molecule has 0 unspecified atom stereocenters. The Balaban J connectivity index is 2.04. The summed E-state index contributed by atoms with van der Waals surface area (Å²) < 4.78 is 13.5. The maximum atomic E-state index is 13.5. The van der Waals surface area contributed by atoms with Crippen LogP contribution in [0.5, 0.6) is 0 Å². The summed E-state index contributed by atoms with van der Waals surface area (Å²) in [5.41, 5.74) is 2.08. The van der Waals surface area contributed by atoms with Gasteiger partial charge in [0.15, 0.2) is 0 Å². The summed E-state index contributed by atoms with van der Waals surface area (Å²) in [6, 6.07) is 11.3. The molecular formula is C17H17FN2O2. The Labute approximate surface area is 128 Å². The predicted molar refractivity (Wildman–Crippen MR) is 82.1 cm³/mol. The molecule has 22 heavy (non-hydrogen) atoms. The molecule has 0 saturated carbocycles. The quantitative estimate of drug-likeness (QED) is 0.911. The van der Waals surface area contributed by atoms with Crippen LogP contribution in [0.1, 0.15) is 31.8 Å². The van der Waals surface area contributed by atoms with Gasteiger partial charge in [-0.1, -0.05) is 18.2 Å². The highest BCUT2D eigenvalue weighted by Gasteiger charge is 2.09. The summed E-state index contributed by atoms with van der Waals surface area (Å²) in [7, 11) is 1.56. The van der Waals surface area contributed by atoms with Gasteiger partial charge in [-0.3, -0.25) is 9.59 Å². The van der Waals surface area contributed by atoms with E-state index in [0.717, 1.165) is 5.56 Å². The maximum absolute atomic E-state index is 13.5. The number of rotatable bonds is 4. The van der Waals surface area contributed by atoms with Crippen LogP contribution in [-0.2, 0) is 6.54 Å². The Kier molecular flexibility index (Phi) is 4.88. The molecule has 0 bridgehead atoms. The van der Waals surface area contributed by atoms with Crippen LogP contribution in [0, 0.1) is 12.7 Å². The average molecular weight is 300 g/mol.